The van der Waals surface area contributed by atoms with Crippen molar-refractivity contribution in [3.63, 3.8) is 0 Å². The van der Waals surface area contributed by atoms with Gasteiger partial charge in [0.05, 0.1) is 5.02 Å². The smallest absolute Gasteiger partial charge is 0.142 e. The molecule has 0 heterocycles. The third kappa shape index (κ3) is 3.97. The van der Waals surface area contributed by atoms with Crippen molar-refractivity contribution in [2.45, 2.75) is 26.3 Å². The van der Waals surface area contributed by atoms with Crippen LogP contribution in [0.5, 0.6) is 0 Å². The Bertz CT molecular complexity index is 628. The first-order valence-corrected chi connectivity index (χ1v) is 7.70. The Kier molecular flexibility index (Phi) is 5.63. The molecule has 2 aromatic rings. The third-order valence-electron chi connectivity index (χ3n) is 3.56. The van der Waals surface area contributed by atoms with Gasteiger partial charge in [-0.15, -0.1) is 0 Å². The average Bonchev–Trinajstić information content (AvgIpc) is 2.45. The molecule has 0 aromatic heterocycles. The molecule has 0 amide bonds. The van der Waals surface area contributed by atoms with Crippen LogP contribution in [0.1, 0.15) is 29.7 Å². The van der Waals surface area contributed by atoms with E-state index in [1.54, 1.807) is 6.07 Å². The first-order chi connectivity index (χ1) is 10.0. The van der Waals surface area contributed by atoms with E-state index >= 15 is 0 Å². The van der Waals surface area contributed by atoms with Gasteiger partial charge in [-0.3, -0.25) is 0 Å². The van der Waals surface area contributed by atoms with E-state index in [0.29, 0.717) is 6.42 Å². The Morgan fingerprint density at radius 1 is 1.14 bits per heavy atom. The molecule has 0 aliphatic heterocycles. The highest BCUT2D eigenvalue weighted by Gasteiger charge is 2.15. The van der Waals surface area contributed by atoms with Crippen molar-refractivity contribution in [2.24, 2.45) is 0 Å². The summed E-state index contributed by atoms with van der Waals surface area (Å²) < 4.78 is 13.6. The van der Waals surface area contributed by atoms with Gasteiger partial charge in [0.2, 0.25) is 0 Å². The Balaban J connectivity index is 2.30. The Morgan fingerprint density at radius 3 is 2.57 bits per heavy atom. The lowest BCUT2D eigenvalue weighted by atomic mass is 9.95. The van der Waals surface area contributed by atoms with Gasteiger partial charge in [-0.2, -0.15) is 0 Å². The van der Waals surface area contributed by atoms with Crippen LogP contribution in [0, 0.1) is 12.7 Å². The van der Waals surface area contributed by atoms with Crippen LogP contribution in [0.2, 0.25) is 10.0 Å². The number of hydrogen-bond acceptors (Lipinski definition) is 1. The zero-order valence-electron chi connectivity index (χ0n) is 12.1. The van der Waals surface area contributed by atoms with Gasteiger partial charge in [0.15, 0.2) is 0 Å². The van der Waals surface area contributed by atoms with E-state index in [-0.39, 0.29) is 16.9 Å². The normalized spacial score (nSPS) is 12.4. The van der Waals surface area contributed by atoms with E-state index in [1.807, 2.05) is 25.1 Å². The highest BCUT2D eigenvalue weighted by Crippen LogP contribution is 2.27. The molecule has 2 aromatic carbocycles. The number of hydrogen-bond donors (Lipinski definition) is 1. The van der Waals surface area contributed by atoms with Gasteiger partial charge in [0.1, 0.15) is 5.82 Å². The van der Waals surface area contributed by atoms with Gasteiger partial charge in [-0.1, -0.05) is 48.3 Å². The fraction of sp³-hybridized carbons (Fsp3) is 0.294. The van der Waals surface area contributed by atoms with E-state index in [0.717, 1.165) is 28.3 Å². The van der Waals surface area contributed by atoms with Gasteiger partial charge < -0.3 is 5.32 Å². The summed E-state index contributed by atoms with van der Waals surface area (Å²) in [5.41, 5.74) is 3.10. The number of halogens is 3. The quantitative estimate of drug-likeness (QED) is 0.782. The van der Waals surface area contributed by atoms with Crippen LogP contribution in [0.3, 0.4) is 0 Å². The maximum absolute atomic E-state index is 13.6. The Morgan fingerprint density at radius 2 is 1.90 bits per heavy atom. The fourth-order valence-electron chi connectivity index (χ4n) is 2.44. The van der Waals surface area contributed by atoms with Crippen LogP contribution in [-0.4, -0.2) is 6.54 Å². The summed E-state index contributed by atoms with van der Waals surface area (Å²) in [6, 6.07) is 10.9. The minimum atomic E-state index is -0.382. The van der Waals surface area contributed by atoms with Crippen LogP contribution in [-0.2, 0) is 6.42 Å². The van der Waals surface area contributed by atoms with Gasteiger partial charge in [0.25, 0.3) is 0 Å². The largest absolute Gasteiger partial charge is 0.310 e. The molecule has 1 nitrogen and oxygen atoms in total. The molecular formula is C17H18Cl2FN. The molecule has 0 fully saturated rings. The van der Waals surface area contributed by atoms with Crippen LogP contribution in [0.4, 0.5) is 4.39 Å². The first-order valence-electron chi connectivity index (χ1n) is 6.95. The maximum Gasteiger partial charge on any atom is 0.142 e. The summed E-state index contributed by atoms with van der Waals surface area (Å²) >= 11 is 11.9. The van der Waals surface area contributed by atoms with E-state index < -0.39 is 0 Å². The number of nitrogens with one attached hydrogen (secondary N) is 1. The number of likely N-dealkylation sites (N-methyl/N-ethyl adjacent to an activating group) is 1. The lowest BCUT2D eigenvalue weighted by Gasteiger charge is -2.21. The van der Waals surface area contributed by atoms with Gasteiger partial charge in [-0.25, -0.2) is 4.39 Å². The summed E-state index contributed by atoms with van der Waals surface area (Å²) in [6.45, 7) is 4.88. The minimum absolute atomic E-state index is 0.0919. The van der Waals surface area contributed by atoms with Crippen molar-refractivity contribution in [1.29, 1.82) is 0 Å². The predicted octanol–water partition coefficient (Wildman–Crippen LogP) is 5.33. The van der Waals surface area contributed by atoms with E-state index in [2.05, 4.69) is 18.3 Å². The zero-order valence-corrected chi connectivity index (χ0v) is 13.6. The molecule has 112 valence electrons. The predicted molar refractivity (Wildman–Crippen MR) is 87.7 cm³/mol. The molecule has 0 aliphatic carbocycles. The van der Waals surface area contributed by atoms with Crippen LogP contribution >= 0.6 is 23.2 Å². The summed E-state index contributed by atoms with van der Waals surface area (Å²) in [5.74, 6) is -0.382. The molecule has 0 spiro atoms. The molecule has 4 heteroatoms. The molecular weight excluding hydrogens is 308 g/mol. The van der Waals surface area contributed by atoms with E-state index in [9.17, 15) is 4.39 Å². The zero-order chi connectivity index (χ0) is 15.4. The minimum Gasteiger partial charge on any atom is -0.310 e. The molecule has 21 heavy (non-hydrogen) atoms. The maximum atomic E-state index is 13.6. The molecule has 0 bridgehead atoms. The SMILES string of the molecule is CCNC(Cc1ccc(Cl)c(F)c1)c1cccc(Cl)c1C. The third-order valence-corrected chi connectivity index (χ3v) is 4.28. The lowest BCUT2D eigenvalue weighted by Crippen LogP contribution is -2.23. The molecule has 0 saturated heterocycles. The standard InChI is InChI=1S/C17H18Cl2FN/c1-3-21-17(13-5-4-6-14(18)11(13)2)10-12-7-8-15(19)16(20)9-12/h4-9,17,21H,3,10H2,1-2H3. The lowest BCUT2D eigenvalue weighted by molar-refractivity contribution is 0.544. The van der Waals surface area contributed by atoms with Crippen molar-refractivity contribution < 1.29 is 4.39 Å². The van der Waals surface area contributed by atoms with Crippen LogP contribution in [0.25, 0.3) is 0 Å². The second kappa shape index (κ2) is 7.26. The number of rotatable bonds is 5. The summed E-state index contributed by atoms with van der Waals surface area (Å²) in [6.07, 6.45) is 0.684. The molecule has 2 rings (SSSR count). The van der Waals surface area contributed by atoms with E-state index in [1.165, 1.54) is 6.07 Å². The van der Waals surface area contributed by atoms with Crippen LogP contribution < -0.4 is 5.32 Å². The molecule has 1 atom stereocenters. The highest BCUT2D eigenvalue weighted by atomic mass is 35.5. The molecule has 1 unspecified atom stereocenters. The van der Waals surface area contributed by atoms with Crippen molar-refractivity contribution >= 4 is 23.2 Å². The highest BCUT2D eigenvalue weighted by molar-refractivity contribution is 6.31. The summed E-state index contributed by atoms with van der Waals surface area (Å²) in [7, 11) is 0. The van der Waals surface area contributed by atoms with Gasteiger partial charge >= 0.3 is 0 Å². The molecule has 0 radical (unpaired) electrons. The second-order valence-corrected chi connectivity index (χ2v) is 5.83. The second-order valence-electron chi connectivity index (χ2n) is 5.02. The van der Waals surface area contributed by atoms with Crippen molar-refractivity contribution in [2.75, 3.05) is 6.54 Å². The monoisotopic (exact) mass is 325 g/mol. The molecule has 0 aliphatic rings. The average molecular weight is 326 g/mol. The first kappa shape index (κ1) is 16.3. The fourth-order valence-corrected chi connectivity index (χ4v) is 2.74. The Hall–Kier alpha value is -1.09. The Labute approximate surface area is 135 Å². The van der Waals surface area contributed by atoms with E-state index in [4.69, 9.17) is 23.2 Å². The summed E-state index contributed by atoms with van der Waals surface area (Å²) in [5, 5.41) is 4.33. The van der Waals surface area contributed by atoms with Crippen molar-refractivity contribution in [3.8, 4) is 0 Å². The molecule has 0 saturated carbocycles. The van der Waals surface area contributed by atoms with Gasteiger partial charge in [0, 0.05) is 11.1 Å². The topological polar surface area (TPSA) is 12.0 Å². The summed E-state index contributed by atoms with van der Waals surface area (Å²) in [4.78, 5) is 0. The van der Waals surface area contributed by atoms with Crippen molar-refractivity contribution in [3.05, 3.63) is 69.0 Å². The van der Waals surface area contributed by atoms with Crippen LogP contribution in [0.15, 0.2) is 36.4 Å². The van der Waals surface area contributed by atoms with Gasteiger partial charge in [-0.05, 0) is 54.8 Å². The number of benzene rings is 2. The molecule has 1 N–H and O–H groups in total. The van der Waals surface area contributed by atoms with Crippen molar-refractivity contribution in [1.82, 2.24) is 5.32 Å².